The molecule has 0 bridgehead atoms. The van der Waals surface area contributed by atoms with Gasteiger partial charge in [-0.15, -0.1) is 0 Å². The van der Waals surface area contributed by atoms with Crippen molar-refractivity contribution in [2.24, 2.45) is 23.2 Å². The normalized spacial score (nSPS) is 30.2. The number of benzene rings is 1. The van der Waals surface area contributed by atoms with Gasteiger partial charge in [0.15, 0.2) is 0 Å². The lowest BCUT2D eigenvalue weighted by Gasteiger charge is -2.44. The number of Topliss-reactive ketones (excluding diaryl/α,β-unsaturated/α-hetero) is 1. The van der Waals surface area contributed by atoms with Gasteiger partial charge in [0.25, 0.3) is 5.69 Å². The van der Waals surface area contributed by atoms with Gasteiger partial charge in [0, 0.05) is 62.7 Å². The molecule has 0 radical (unpaired) electrons. The first kappa shape index (κ1) is 28.2. The number of ether oxygens (including phenoxy) is 2. The molecule has 0 aromatic heterocycles. The number of carbonyl (C=O) groups excluding carboxylic acids is 3. The van der Waals surface area contributed by atoms with Gasteiger partial charge in [0.05, 0.1) is 16.4 Å². The first-order valence-corrected chi connectivity index (χ1v) is 14.5. The van der Waals surface area contributed by atoms with Gasteiger partial charge in [-0.1, -0.05) is 0 Å². The second-order valence-corrected chi connectivity index (χ2v) is 12.6. The Morgan fingerprint density at radius 1 is 1.11 bits per heavy atom. The highest BCUT2D eigenvalue weighted by Gasteiger charge is 2.61. The minimum Gasteiger partial charge on any atom is -0.466 e. The molecule has 2 saturated carbocycles. The van der Waals surface area contributed by atoms with Crippen molar-refractivity contribution in [1.29, 1.82) is 0 Å². The maximum absolute atomic E-state index is 13.8. The Labute approximate surface area is 222 Å². The van der Waals surface area contributed by atoms with E-state index in [0.717, 1.165) is 0 Å². The summed E-state index contributed by atoms with van der Waals surface area (Å²) in [5.74, 6) is -1.06. The number of hydrogen-bond donors (Lipinski definition) is 0. The minimum absolute atomic E-state index is 0.0153. The van der Waals surface area contributed by atoms with Gasteiger partial charge >= 0.3 is 11.9 Å². The number of sulfonamides is 1. The van der Waals surface area contributed by atoms with E-state index in [1.54, 1.807) is 0 Å². The Morgan fingerprint density at radius 3 is 2.42 bits per heavy atom. The summed E-state index contributed by atoms with van der Waals surface area (Å²) in [6.07, 6.45) is 3.03. The molecular weight excluding hydrogens is 516 g/mol. The van der Waals surface area contributed by atoms with Crippen molar-refractivity contribution in [2.75, 3.05) is 19.7 Å². The van der Waals surface area contributed by atoms with E-state index in [-0.39, 0.29) is 60.2 Å². The van der Waals surface area contributed by atoms with Crippen LogP contribution in [0.5, 0.6) is 0 Å². The van der Waals surface area contributed by atoms with Crippen molar-refractivity contribution >= 4 is 33.4 Å². The first-order chi connectivity index (χ1) is 17.9. The minimum atomic E-state index is -3.89. The van der Waals surface area contributed by atoms with Crippen molar-refractivity contribution in [3.8, 4) is 0 Å². The van der Waals surface area contributed by atoms with Crippen LogP contribution in [0, 0.1) is 33.3 Å². The third kappa shape index (κ3) is 5.47. The maximum Gasteiger partial charge on any atom is 0.302 e. The standard InChI is InChI=1S/C26H34N2O9S/c1-17(29)36-16-19-13-20-15-24(37-18(2)30)23-5-3-11-27(12-4-10-26(20,23)25(31)14-19)38(34,35)22-8-6-21(7-9-22)28(32)33/h6-9,19-20,23-24H,3-5,10-16H2,1-2H3/t19-,20+,23-,24+,26+/m1/s1. The van der Waals surface area contributed by atoms with E-state index in [4.69, 9.17) is 9.47 Å². The van der Waals surface area contributed by atoms with E-state index in [9.17, 15) is 32.9 Å². The van der Waals surface area contributed by atoms with Crippen LogP contribution < -0.4 is 0 Å². The van der Waals surface area contributed by atoms with Crippen LogP contribution in [0.4, 0.5) is 5.69 Å². The van der Waals surface area contributed by atoms with Gasteiger partial charge in [-0.3, -0.25) is 24.5 Å². The van der Waals surface area contributed by atoms with Crippen molar-refractivity contribution in [3.05, 3.63) is 34.4 Å². The summed E-state index contributed by atoms with van der Waals surface area (Å²) in [5, 5.41) is 11.0. The molecule has 2 aliphatic carbocycles. The van der Waals surface area contributed by atoms with Crippen LogP contribution in [0.15, 0.2) is 29.2 Å². The van der Waals surface area contributed by atoms with Gasteiger partial charge in [0.2, 0.25) is 10.0 Å². The van der Waals surface area contributed by atoms with E-state index < -0.39 is 38.4 Å². The van der Waals surface area contributed by atoms with Crippen molar-refractivity contribution < 1.29 is 37.2 Å². The molecule has 1 aromatic rings. The van der Waals surface area contributed by atoms with Crippen molar-refractivity contribution in [2.45, 2.75) is 69.8 Å². The molecular formula is C26H34N2O9S. The topological polar surface area (TPSA) is 150 Å². The van der Waals surface area contributed by atoms with Gasteiger partial charge in [-0.05, 0) is 56.6 Å². The number of ketones is 1. The second-order valence-electron chi connectivity index (χ2n) is 10.7. The highest BCUT2D eigenvalue weighted by Crippen LogP contribution is 2.60. The summed E-state index contributed by atoms with van der Waals surface area (Å²) in [6.45, 7) is 3.31. The zero-order valence-electron chi connectivity index (χ0n) is 21.7. The van der Waals surface area contributed by atoms with Gasteiger partial charge in [-0.25, -0.2) is 8.42 Å². The van der Waals surface area contributed by atoms with Gasteiger partial charge in [0.1, 0.15) is 11.9 Å². The van der Waals surface area contributed by atoms with Gasteiger partial charge < -0.3 is 9.47 Å². The maximum atomic E-state index is 13.8. The highest BCUT2D eigenvalue weighted by atomic mass is 32.2. The number of non-ortho nitro benzene ring substituents is 1. The van der Waals surface area contributed by atoms with E-state index in [1.165, 1.54) is 42.4 Å². The SMILES string of the molecule is CC(=O)OC[C@H]1CC(=O)[C@]23CCCN(S(=O)(=O)c4ccc([N+](=O)[O-])cc4)CCC[C@@H]2[C@@H](OC(C)=O)C[C@@H]3C1. The van der Waals surface area contributed by atoms with Crippen LogP contribution >= 0.6 is 0 Å². The summed E-state index contributed by atoms with van der Waals surface area (Å²) < 4.78 is 39.1. The number of carbonyl (C=O) groups is 3. The molecule has 3 fully saturated rings. The first-order valence-electron chi connectivity index (χ1n) is 13.0. The number of rotatable bonds is 6. The molecule has 1 aliphatic heterocycles. The summed E-state index contributed by atoms with van der Waals surface area (Å²) >= 11 is 0. The molecule has 0 N–H and O–H groups in total. The Morgan fingerprint density at radius 2 is 1.79 bits per heavy atom. The average molecular weight is 551 g/mol. The van der Waals surface area contributed by atoms with E-state index in [0.29, 0.717) is 38.5 Å². The molecule has 12 heteroatoms. The zero-order valence-corrected chi connectivity index (χ0v) is 22.5. The van der Waals surface area contributed by atoms with Gasteiger partial charge in [-0.2, -0.15) is 4.31 Å². The molecule has 11 nitrogen and oxygen atoms in total. The zero-order chi connectivity index (χ0) is 27.7. The van der Waals surface area contributed by atoms with Crippen molar-refractivity contribution in [1.82, 2.24) is 4.31 Å². The van der Waals surface area contributed by atoms with Crippen LogP contribution in [0.25, 0.3) is 0 Å². The Kier molecular flexibility index (Phi) is 8.22. The molecule has 1 spiro atoms. The quantitative estimate of drug-likeness (QED) is 0.295. The van der Waals surface area contributed by atoms with E-state index in [1.807, 2.05) is 0 Å². The average Bonchev–Trinajstić information content (AvgIpc) is 3.18. The molecule has 0 amide bonds. The highest BCUT2D eigenvalue weighted by molar-refractivity contribution is 7.89. The number of nitrogens with zero attached hydrogens (tertiary/aromatic N) is 2. The number of esters is 2. The Bertz CT molecular complexity index is 1200. The van der Waals surface area contributed by atoms with Crippen LogP contribution in [-0.4, -0.2) is 61.2 Å². The molecule has 1 saturated heterocycles. The molecule has 3 aliphatic rings. The molecule has 0 unspecified atom stereocenters. The number of nitro benzene ring substituents is 1. The largest absolute Gasteiger partial charge is 0.466 e. The number of nitro groups is 1. The fourth-order valence-electron chi connectivity index (χ4n) is 6.92. The fraction of sp³-hybridized carbons (Fsp3) is 0.654. The van der Waals surface area contributed by atoms with E-state index >= 15 is 0 Å². The smallest absolute Gasteiger partial charge is 0.302 e. The summed E-state index contributed by atoms with van der Waals surface area (Å²) in [6, 6.07) is 4.84. The molecule has 1 aromatic carbocycles. The third-order valence-corrected chi connectivity index (χ3v) is 10.3. The lowest BCUT2D eigenvalue weighted by Crippen LogP contribution is -2.47. The summed E-state index contributed by atoms with van der Waals surface area (Å²) in [7, 11) is -3.89. The van der Waals surface area contributed by atoms with Crippen LogP contribution in [0.2, 0.25) is 0 Å². The van der Waals surface area contributed by atoms with Crippen LogP contribution in [0.3, 0.4) is 0 Å². The molecule has 208 valence electrons. The summed E-state index contributed by atoms with van der Waals surface area (Å²) in [5.41, 5.74) is -0.898. The molecule has 4 rings (SSSR count). The lowest BCUT2D eigenvalue weighted by atomic mass is 9.58. The second kappa shape index (κ2) is 11.1. The summed E-state index contributed by atoms with van der Waals surface area (Å²) in [4.78, 5) is 47.5. The fourth-order valence-corrected chi connectivity index (χ4v) is 8.44. The monoisotopic (exact) mass is 550 g/mol. The van der Waals surface area contributed by atoms with E-state index in [2.05, 4.69) is 0 Å². The predicted molar refractivity (Wildman–Crippen MR) is 134 cm³/mol. The van der Waals surface area contributed by atoms with Crippen LogP contribution in [0.1, 0.15) is 58.8 Å². The Hall–Kier alpha value is -2.86. The Balaban J connectivity index is 1.58. The van der Waals surface area contributed by atoms with Crippen molar-refractivity contribution in [3.63, 3.8) is 0 Å². The molecule has 38 heavy (non-hydrogen) atoms. The predicted octanol–water partition coefficient (Wildman–Crippen LogP) is 3.26. The lowest BCUT2D eigenvalue weighted by molar-refractivity contribution is -0.384. The molecule has 5 atom stereocenters. The molecule has 1 heterocycles. The number of hydrogen-bond acceptors (Lipinski definition) is 9. The van der Waals surface area contributed by atoms with Crippen LogP contribution in [-0.2, 0) is 33.9 Å². The third-order valence-electron chi connectivity index (χ3n) is 8.41.